The maximum atomic E-state index is 12.1. The summed E-state index contributed by atoms with van der Waals surface area (Å²) in [7, 11) is 2.94. The Morgan fingerprint density at radius 1 is 1.35 bits per heavy atom. The number of anilines is 1. The van der Waals surface area contributed by atoms with Crippen LogP contribution in [0.2, 0.25) is 0 Å². The third-order valence-electron chi connectivity index (χ3n) is 2.75. The topological polar surface area (TPSA) is 121 Å². The Hall–Kier alpha value is -3.21. The third-order valence-corrected chi connectivity index (χ3v) is 2.75. The van der Waals surface area contributed by atoms with Crippen LogP contribution in [0.5, 0.6) is 11.5 Å². The van der Waals surface area contributed by atoms with Crippen LogP contribution in [0, 0.1) is 11.3 Å². The first-order valence-electron chi connectivity index (χ1n) is 6.60. The van der Waals surface area contributed by atoms with E-state index in [2.05, 4.69) is 10.6 Å². The van der Waals surface area contributed by atoms with Gasteiger partial charge in [0.25, 0.3) is 5.91 Å². The molecule has 0 saturated heterocycles. The number of nitriles is 1. The number of rotatable bonds is 8. The highest BCUT2D eigenvalue weighted by Crippen LogP contribution is 2.29. The van der Waals surface area contributed by atoms with E-state index in [0.717, 1.165) is 0 Å². The molecule has 122 valence electrons. The number of hydrogen-bond donors (Lipinski definition) is 3. The smallest absolute Gasteiger partial charge is 0.305 e. The molecule has 0 bridgehead atoms. The second kappa shape index (κ2) is 8.94. The maximum Gasteiger partial charge on any atom is 0.305 e. The fourth-order valence-corrected chi connectivity index (χ4v) is 1.60. The number of nitrogens with zero attached hydrogens (tertiary/aromatic N) is 1. The first kappa shape index (κ1) is 17.8. The minimum atomic E-state index is -0.977. The molecule has 8 nitrogen and oxygen atoms in total. The van der Waals surface area contributed by atoms with Gasteiger partial charge in [0.15, 0.2) is 0 Å². The van der Waals surface area contributed by atoms with Crippen molar-refractivity contribution in [3.05, 3.63) is 30.0 Å². The largest absolute Gasteiger partial charge is 0.497 e. The van der Waals surface area contributed by atoms with Crippen molar-refractivity contribution in [2.45, 2.75) is 6.42 Å². The van der Waals surface area contributed by atoms with Gasteiger partial charge in [-0.1, -0.05) is 0 Å². The molecule has 0 heterocycles. The second-order valence-corrected chi connectivity index (χ2v) is 4.29. The number of aliphatic carboxylic acids is 1. The molecule has 0 aliphatic carbocycles. The van der Waals surface area contributed by atoms with E-state index in [1.807, 2.05) is 0 Å². The second-order valence-electron chi connectivity index (χ2n) is 4.29. The van der Waals surface area contributed by atoms with Gasteiger partial charge < -0.3 is 25.2 Å². The molecule has 0 aliphatic rings. The number of hydrogen-bond acceptors (Lipinski definition) is 6. The zero-order valence-corrected chi connectivity index (χ0v) is 12.8. The van der Waals surface area contributed by atoms with E-state index < -0.39 is 11.9 Å². The maximum absolute atomic E-state index is 12.1. The Bertz CT molecular complexity index is 649. The van der Waals surface area contributed by atoms with Crippen molar-refractivity contribution in [1.82, 2.24) is 5.32 Å². The van der Waals surface area contributed by atoms with E-state index in [4.69, 9.17) is 19.8 Å². The van der Waals surface area contributed by atoms with Crippen LogP contribution in [0.25, 0.3) is 0 Å². The summed E-state index contributed by atoms with van der Waals surface area (Å²) >= 11 is 0. The van der Waals surface area contributed by atoms with Gasteiger partial charge in [-0.2, -0.15) is 5.26 Å². The number of carbonyl (C=O) groups is 2. The molecule has 0 aliphatic heterocycles. The Balaban J connectivity index is 2.82. The lowest BCUT2D eigenvalue weighted by Crippen LogP contribution is -2.18. The summed E-state index contributed by atoms with van der Waals surface area (Å²) in [4.78, 5) is 22.5. The lowest BCUT2D eigenvalue weighted by atomic mass is 10.2. The van der Waals surface area contributed by atoms with Crippen molar-refractivity contribution >= 4 is 17.6 Å². The average molecular weight is 319 g/mol. The van der Waals surface area contributed by atoms with E-state index in [-0.39, 0.29) is 18.5 Å². The number of carboxylic acids is 1. The predicted molar refractivity (Wildman–Crippen MR) is 82.1 cm³/mol. The highest BCUT2D eigenvalue weighted by Gasteiger charge is 2.13. The number of carboxylic acid groups (broad SMARTS) is 1. The Labute approximate surface area is 133 Å². The highest BCUT2D eigenvalue weighted by atomic mass is 16.5. The summed E-state index contributed by atoms with van der Waals surface area (Å²) in [5.74, 6) is -0.699. The number of amides is 1. The molecule has 3 N–H and O–H groups in total. The van der Waals surface area contributed by atoms with Gasteiger partial charge in [-0.05, 0) is 12.1 Å². The van der Waals surface area contributed by atoms with E-state index >= 15 is 0 Å². The Morgan fingerprint density at radius 3 is 2.65 bits per heavy atom. The van der Waals surface area contributed by atoms with Crippen molar-refractivity contribution in [2.75, 3.05) is 26.1 Å². The molecule has 23 heavy (non-hydrogen) atoms. The fourth-order valence-electron chi connectivity index (χ4n) is 1.60. The molecule has 1 rings (SSSR count). The summed E-state index contributed by atoms with van der Waals surface area (Å²) in [6, 6.07) is 6.59. The van der Waals surface area contributed by atoms with Crippen molar-refractivity contribution in [2.24, 2.45) is 0 Å². The molecule has 1 aromatic carbocycles. The molecule has 0 aromatic heterocycles. The van der Waals surface area contributed by atoms with Crippen LogP contribution in [0.1, 0.15) is 6.42 Å². The van der Waals surface area contributed by atoms with Gasteiger partial charge in [-0.25, -0.2) is 0 Å². The van der Waals surface area contributed by atoms with Crippen molar-refractivity contribution in [3.63, 3.8) is 0 Å². The van der Waals surface area contributed by atoms with Crippen molar-refractivity contribution in [1.29, 1.82) is 5.26 Å². The van der Waals surface area contributed by atoms with Crippen LogP contribution in [-0.4, -0.2) is 37.7 Å². The minimum Gasteiger partial charge on any atom is -0.497 e. The van der Waals surface area contributed by atoms with Crippen molar-refractivity contribution in [3.8, 4) is 17.6 Å². The van der Waals surface area contributed by atoms with Gasteiger partial charge in [-0.3, -0.25) is 9.59 Å². The van der Waals surface area contributed by atoms with Crippen molar-refractivity contribution < 1.29 is 24.2 Å². The molecule has 0 radical (unpaired) electrons. The van der Waals surface area contributed by atoms with Gasteiger partial charge in [0.2, 0.25) is 0 Å². The van der Waals surface area contributed by atoms with Crippen LogP contribution in [0.3, 0.4) is 0 Å². The highest BCUT2D eigenvalue weighted by molar-refractivity contribution is 6.07. The van der Waals surface area contributed by atoms with Gasteiger partial charge in [0.1, 0.15) is 23.1 Å². The third kappa shape index (κ3) is 5.59. The molecule has 0 unspecified atom stereocenters. The lowest BCUT2D eigenvalue weighted by molar-refractivity contribution is -0.136. The monoisotopic (exact) mass is 319 g/mol. The quantitative estimate of drug-likeness (QED) is 0.373. The first-order chi connectivity index (χ1) is 11.0. The molecule has 0 saturated carbocycles. The van der Waals surface area contributed by atoms with Crippen LogP contribution >= 0.6 is 0 Å². The first-order valence-corrected chi connectivity index (χ1v) is 6.60. The van der Waals surface area contributed by atoms with E-state index in [1.54, 1.807) is 24.3 Å². The zero-order valence-electron chi connectivity index (χ0n) is 12.8. The van der Waals surface area contributed by atoms with Crippen LogP contribution in [0.15, 0.2) is 30.0 Å². The van der Waals surface area contributed by atoms with Crippen LogP contribution < -0.4 is 20.1 Å². The van der Waals surface area contributed by atoms with Gasteiger partial charge in [-0.15, -0.1) is 0 Å². The molecule has 0 atom stereocenters. The summed E-state index contributed by atoms with van der Waals surface area (Å²) < 4.78 is 10.2. The number of ether oxygens (including phenoxy) is 2. The zero-order chi connectivity index (χ0) is 17.2. The SMILES string of the molecule is COc1ccc(OC)c(NC(=O)/C(C#N)=C\NCCC(=O)O)c1. The molecule has 8 heteroatoms. The summed E-state index contributed by atoms with van der Waals surface area (Å²) in [6.45, 7) is 0.107. The number of carbonyl (C=O) groups excluding carboxylic acids is 1. The predicted octanol–water partition coefficient (Wildman–Crippen LogP) is 1.11. The molecular formula is C15H17N3O5. The van der Waals surface area contributed by atoms with Gasteiger partial charge >= 0.3 is 5.97 Å². The van der Waals surface area contributed by atoms with Gasteiger partial charge in [0.05, 0.1) is 26.3 Å². The minimum absolute atomic E-state index is 0.107. The number of benzene rings is 1. The number of methoxy groups -OCH3 is 2. The summed E-state index contributed by atoms with van der Waals surface area (Å²) in [5, 5.41) is 22.7. The Kier molecular flexibility index (Phi) is 6.94. The summed E-state index contributed by atoms with van der Waals surface area (Å²) in [5.41, 5.74) is 0.156. The van der Waals surface area contributed by atoms with Gasteiger partial charge in [0, 0.05) is 18.8 Å². The Morgan fingerprint density at radius 2 is 2.09 bits per heavy atom. The normalized spacial score (nSPS) is 10.4. The molecular weight excluding hydrogens is 302 g/mol. The fraction of sp³-hybridized carbons (Fsp3) is 0.267. The van der Waals surface area contributed by atoms with Crippen LogP contribution in [-0.2, 0) is 9.59 Å². The summed E-state index contributed by atoms with van der Waals surface area (Å²) in [6.07, 6.45) is 1.05. The molecule has 0 spiro atoms. The van der Waals surface area contributed by atoms with E-state index in [9.17, 15) is 9.59 Å². The van der Waals surface area contributed by atoms with Crippen LogP contribution in [0.4, 0.5) is 5.69 Å². The number of nitrogens with one attached hydrogen (secondary N) is 2. The van der Waals surface area contributed by atoms with E-state index in [0.29, 0.717) is 17.2 Å². The average Bonchev–Trinajstić information content (AvgIpc) is 2.54. The molecule has 1 aromatic rings. The molecule has 0 fully saturated rings. The molecule has 1 amide bonds. The van der Waals surface area contributed by atoms with E-state index in [1.165, 1.54) is 20.4 Å². The lowest BCUT2D eigenvalue weighted by Gasteiger charge is -2.11. The standard InChI is InChI=1S/C15H17N3O5/c1-22-11-3-4-13(23-2)12(7-11)18-15(21)10(8-16)9-17-6-5-14(19)20/h3-4,7,9,17H,5-6H2,1-2H3,(H,18,21)(H,19,20)/b10-9-.